The van der Waals surface area contributed by atoms with Gasteiger partial charge in [0.25, 0.3) is 5.91 Å². The van der Waals surface area contributed by atoms with Gasteiger partial charge in [-0.25, -0.2) is 8.78 Å². The predicted molar refractivity (Wildman–Crippen MR) is 85.0 cm³/mol. The molecule has 1 aliphatic heterocycles. The lowest BCUT2D eigenvalue weighted by Crippen LogP contribution is -2.35. The summed E-state index contributed by atoms with van der Waals surface area (Å²) in [7, 11) is 0. The highest BCUT2D eigenvalue weighted by molar-refractivity contribution is 5.94. The standard InChI is InChI=1S/C18H16F2N4O2/c1-10-22-17(26-23-10)18-4-2-3-12(18)8-24(9-18)16(25)11-5-14(19)13(7-21)15(20)6-11/h5-6,12H,2-4,8-9H2,1H3/t12-,18-/m0/s1. The Kier molecular flexibility index (Phi) is 3.75. The molecule has 2 aliphatic rings. The van der Waals surface area contributed by atoms with Crippen LogP contribution in [0.1, 0.15) is 46.9 Å². The van der Waals surface area contributed by atoms with Gasteiger partial charge >= 0.3 is 0 Å². The average Bonchev–Trinajstić information content (AvgIpc) is 3.27. The van der Waals surface area contributed by atoms with E-state index in [1.165, 1.54) is 6.07 Å². The molecule has 8 heteroatoms. The summed E-state index contributed by atoms with van der Waals surface area (Å²) in [6, 6.07) is 3.30. The van der Waals surface area contributed by atoms with E-state index >= 15 is 0 Å². The molecule has 1 saturated heterocycles. The molecule has 1 saturated carbocycles. The Bertz CT molecular complexity index is 913. The van der Waals surface area contributed by atoms with Crippen LogP contribution in [0.4, 0.5) is 8.78 Å². The first kappa shape index (κ1) is 16.6. The second-order valence-corrected chi connectivity index (χ2v) is 7.00. The Morgan fingerprint density at radius 2 is 2.15 bits per heavy atom. The molecule has 6 nitrogen and oxygen atoms in total. The summed E-state index contributed by atoms with van der Waals surface area (Å²) in [4.78, 5) is 18.8. The van der Waals surface area contributed by atoms with Gasteiger partial charge in [-0.2, -0.15) is 10.2 Å². The SMILES string of the molecule is Cc1noc([C@]23CCC[C@H]2CN(C(=O)c2cc(F)c(C#N)c(F)c2)C3)n1. The minimum Gasteiger partial charge on any atom is -0.339 e. The van der Waals surface area contributed by atoms with E-state index in [0.717, 1.165) is 31.4 Å². The minimum atomic E-state index is -1.03. The quantitative estimate of drug-likeness (QED) is 0.824. The zero-order valence-electron chi connectivity index (χ0n) is 14.1. The van der Waals surface area contributed by atoms with Crippen LogP contribution in [-0.4, -0.2) is 34.0 Å². The monoisotopic (exact) mass is 358 g/mol. The van der Waals surface area contributed by atoms with Gasteiger partial charge in [0.1, 0.15) is 23.3 Å². The number of fused-ring (bicyclic) bond motifs is 1. The summed E-state index contributed by atoms with van der Waals surface area (Å²) in [5, 5.41) is 12.6. The molecule has 0 spiro atoms. The van der Waals surface area contributed by atoms with Crippen LogP contribution in [0.5, 0.6) is 0 Å². The topological polar surface area (TPSA) is 83.0 Å². The van der Waals surface area contributed by atoms with E-state index in [1.807, 2.05) is 0 Å². The molecule has 1 aromatic heterocycles. The number of amides is 1. The second-order valence-electron chi connectivity index (χ2n) is 7.00. The maximum atomic E-state index is 13.9. The number of nitrogens with zero attached hydrogens (tertiary/aromatic N) is 4. The molecule has 134 valence electrons. The van der Waals surface area contributed by atoms with E-state index in [-0.39, 0.29) is 16.9 Å². The summed E-state index contributed by atoms with van der Waals surface area (Å²) in [5.74, 6) is -1.27. The predicted octanol–water partition coefficient (Wildman–Crippen LogP) is 2.72. The number of aromatic nitrogens is 2. The maximum absolute atomic E-state index is 13.9. The Morgan fingerprint density at radius 1 is 1.42 bits per heavy atom. The van der Waals surface area contributed by atoms with E-state index in [1.54, 1.807) is 11.8 Å². The molecule has 2 heterocycles. The molecule has 0 N–H and O–H groups in total. The van der Waals surface area contributed by atoms with Crippen molar-refractivity contribution in [1.82, 2.24) is 15.0 Å². The largest absolute Gasteiger partial charge is 0.339 e. The van der Waals surface area contributed by atoms with Crippen LogP contribution in [0, 0.1) is 35.8 Å². The highest BCUT2D eigenvalue weighted by atomic mass is 19.1. The third-order valence-electron chi connectivity index (χ3n) is 5.51. The normalized spacial score (nSPS) is 24.5. The molecule has 1 aliphatic carbocycles. The number of aryl methyl sites for hydroxylation is 1. The van der Waals surface area contributed by atoms with Crippen LogP contribution in [0.25, 0.3) is 0 Å². The lowest BCUT2D eigenvalue weighted by Gasteiger charge is -2.24. The van der Waals surface area contributed by atoms with E-state index in [2.05, 4.69) is 10.1 Å². The van der Waals surface area contributed by atoms with Crippen molar-refractivity contribution < 1.29 is 18.1 Å². The third kappa shape index (κ3) is 2.38. The molecule has 0 unspecified atom stereocenters. The van der Waals surface area contributed by atoms with Crippen LogP contribution in [0.3, 0.4) is 0 Å². The van der Waals surface area contributed by atoms with Crippen molar-refractivity contribution in [3.05, 3.63) is 46.6 Å². The minimum absolute atomic E-state index is 0.101. The molecule has 0 bridgehead atoms. The first-order valence-electron chi connectivity index (χ1n) is 8.44. The number of carbonyl (C=O) groups excluding carboxylic acids is 1. The first-order valence-corrected chi connectivity index (χ1v) is 8.44. The van der Waals surface area contributed by atoms with Gasteiger partial charge in [0.05, 0.1) is 5.41 Å². The molecule has 4 rings (SSSR count). The van der Waals surface area contributed by atoms with Crippen molar-refractivity contribution in [3.63, 3.8) is 0 Å². The van der Waals surface area contributed by atoms with Gasteiger partial charge in [-0.15, -0.1) is 0 Å². The fourth-order valence-electron chi connectivity index (χ4n) is 4.28. The molecule has 2 aromatic rings. The van der Waals surface area contributed by atoms with Crippen molar-refractivity contribution in [3.8, 4) is 6.07 Å². The van der Waals surface area contributed by atoms with Gasteiger partial charge < -0.3 is 9.42 Å². The van der Waals surface area contributed by atoms with Crippen molar-refractivity contribution in [2.45, 2.75) is 31.6 Å². The summed E-state index contributed by atoms with van der Waals surface area (Å²) < 4.78 is 33.1. The first-order chi connectivity index (χ1) is 12.4. The Labute approximate surface area is 148 Å². The number of rotatable bonds is 2. The summed E-state index contributed by atoms with van der Waals surface area (Å²) >= 11 is 0. The van der Waals surface area contributed by atoms with E-state index in [0.29, 0.717) is 24.8 Å². The molecule has 2 fully saturated rings. The highest BCUT2D eigenvalue weighted by Gasteiger charge is 2.55. The van der Waals surface area contributed by atoms with Crippen molar-refractivity contribution in [1.29, 1.82) is 5.26 Å². The van der Waals surface area contributed by atoms with Gasteiger partial charge in [0.2, 0.25) is 5.89 Å². The molecule has 2 atom stereocenters. The second kappa shape index (κ2) is 5.87. The van der Waals surface area contributed by atoms with Gasteiger partial charge in [0, 0.05) is 18.7 Å². The summed E-state index contributed by atoms with van der Waals surface area (Å²) in [6.07, 6.45) is 2.77. The van der Waals surface area contributed by atoms with E-state index < -0.39 is 23.1 Å². The molecular formula is C18H16F2N4O2. The number of hydrogen-bond acceptors (Lipinski definition) is 5. The van der Waals surface area contributed by atoms with Crippen LogP contribution >= 0.6 is 0 Å². The molecule has 1 amide bonds. The number of nitriles is 1. The number of halogens is 2. The number of likely N-dealkylation sites (tertiary alicyclic amines) is 1. The summed E-state index contributed by atoms with van der Waals surface area (Å²) in [6.45, 7) is 2.60. The van der Waals surface area contributed by atoms with E-state index in [4.69, 9.17) is 9.78 Å². The van der Waals surface area contributed by atoms with Crippen molar-refractivity contribution in [2.24, 2.45) is 5.92 Å². The molecule has 0 radical (unpaired) electrons. The zero-order valence-corrected chi connectivity index (χ0v) is 14.1. The fourth-order valence-corrected chi connectivity index (χ4v) is 4.28. The van der Waals surface area contributed by atoms with Gasteiger partial charge in [0.15, 0.2) is 5.82 Å². The van der Waals surface area contributed by atoms with Crippen LogP contribution in [0.2, 0.25) is 0 Å². The van der Waals surface area contributed by atoms with Crippen molar-refractivity contribution in [2.75, 3.05) is 13.1 Å². The molecule has 1 aromatic carbocycles. The highest BCUT2D eigenvalue weighted by Crippen LogP contribution is 2.50. The lowest BCUT2D eigenvalue weighted by atomic mass is 9.80. The fraction of sp³-hybridized carbons (Fsp3) is 0.444. The lowest BCUT2D eigenvalue weighted by molar-refractivity contribution is 0.0774. The van der Waals surface area contributed by atoms with Gasteiger partial charge in [-0.1, -0.05) is 11.6 Å². The van der Waals surface area contributed by atoms with Crippen LogP contribution in [0.15, 0.2) is 16.7 Å². The third-order valence-corrected chi connectivity index (χ3v) is 5.51. The number of hydrogen-bond donors (Lipinski definition) is 0. The molecule has 26 heavy (non-hydrogen) atoms. The Balaban J connectivity index is 1.64. The summed E-state index contributed by atoms with van der Waals surface area (Å²) in [5.41, 5.74) is -1.17. The average molecular weight is 358 g/mol. The van der Waals surface area contributed by atoms with Crippen molar-refractivity contribution >= 4 is 5.91 Å². The van der Waals surface area contributed by atoms with E-state index in [9.17, 15) is 13.6 Å². The Hall–Kier alpha value is -2.82. The van der Waals surface area contributed by atoms with Crippen LogP contribution < -0.4 is 0 Å². The zero-order chi connectivity index (χ0) is 18.5. The smallest absolute Gasteiger partial charge is 0.254 e. The van der Waals surface area contributed by atoms with Gasteiger partial charge in [-0.3, -0.25) is 4.79 Å². The maximum Gasteiger partial charge on any atom is 0.254 e. The van der Waals surface area contributed by atoms with Gasteiger partial charge in [-0.05, 0) is 37.8 Å². The molecular weight excluding hydrogens is 342 g/mol. The van der Waals surface area contributed by atoms with Crippen LogP contribution in [-0.2, 0) is 5.41 Å². The number of carbonyl (C=O) groups is 1. The number of benzene rings is 1. The Morgan fingerprint density at radius 3 is 2.77 bits per heavy atom.